The first-order chi connectivity index (χ1) is 14.6. The van der Waals surface area contributed by atoms with E-state index >= 15 is 0 Å². The minimum Gasteiger partial charge on any atom is -0.488 e. The second kappa shape index (κ2) is 7.44. The first kappa shape index (κ1) is 18.6. The van der Waals surface area contributed by atoms with E-state index in [4.69, 9.17) is 4.74 Å². The van der Waals surface area contributed by atoms with E-state index in [1.54, 1.807) is 23.0 Å². The zero-order chi connectivity index (χ0) is 20.7. The van der Waals surface area contributed by atoms with Gasteiger partial charge in [0.2, 0.25) is 0 Å². The van der Waals surface area contributed by atoms with Gasteiger partial charge in [0.1, 0.15) is 11.3 Å². The maximum Gasteiger partial charge on any atom is 0.261 e. The lowest BCUT2D eigenvalue weighted by Gasteiger charge is -2.17. The largest absolute Gasteiger partial charge is 0.488 e. The third-order valence-electron chi connectivity index (χ3n) is 5.52. The number of benzene rings is 1. The Morgan fingerprint density at radius 3 is 2.90 bits per heavy atom. The summed E-state index contributed by atoms with van der Waals surface area (Å²) >= 11 is 0. The molecule has 8 heteroatoms. The van der Waals surface area contributed by atoms with Crippen molar-refractivity contribution in [2.75, 3.05) is 5.32 Å². The van der Waals surface area contributed by atoms with E-state index in [2.05, 4.69) is 34.3 Å². The van der Waals surface area contributed by atoms with Gasteiger partial charge < -0.3 is 10.1 Å². The second-order valence-electron chi connectivity index (χ2n) is 8.03. The summed E-state index contributed by atoms with van der Waals surface area (Å²) in [5.74, 6) is 0.386. The normalized spacial score (nSPS) is 14.8. The fraction of sp³-hybridized carbons (Fsp3) is 0.364. The number of rotatable bonds is 5. The number of amides is 1. The quantitative estimate of drug-likeness (QED) is 0.538. The van der Waals surface area contributed by atoms with Gasteiger partial charge in [0.05, 0.1) is 23.5 Å². The second-order valence-corrected chi connectivity index (χ2v) is 8.03. The average Bonchev–Trinajstić information content (AvgIpc) is 3.47. The molecule has 4 aromatic rings. The number of carbonyl (C=O) groups is 1. The van der Waals surface area contributed by atoms with Crippen molar-refractivity contribution < 1.29 is 9.53 Å². The lowest BCUT2D eigenvalue weighted by Crippen LogP contribution is -2.16. The highest BCUT2D eigenvalue weighted by Gasteiger charge is 2.21. The number of aromatic nitrogens is 5. The summed E-state index contributed by atoms with van der Waals surface area (Å²) in [6, 6.07) is 5.88. The van der Waals surface area contributed by atoms with Gasteiger partial charge in [-0.25, -0.2) is 9.50 Å². The zero-order valence-corrected chi connectivity index (χ0v) is 17.1. The first-order valence-corrected chi connectivity index (χ1v) is 10.4. The highest BCUT2D eigenvalue weighted by molar-refractivity contribution is 6.09. The molecule has 8 nitrogen and oxygen atoms in total. The highest BCUT2D eigenvalue weighted by Crippen LogP contribution is 2.34. The number of fused-ring (bicyclic) bond motifs is 2. The molecule has 5 rings (SSSR count). The van der Waals surface area contributed by atoms with Gasteiger partial charge in [0.15, 0.2) is 5.65 Å². The summed E-state index contributed by atoms with van der Waals surface area (Å²) in [6.45, 7) is 4.17. The molecule has 1 aliphatic carbocycles. The van der Waals surface area contributed by atoms with Crippen LogP contribution in [-0.4, -0.2) is 36.4 Å². The van der Waals surface area contributed by atoms with Crippen molar-refractivity contribution >= 4 is 28.1 Å². The molecule has 1 saturated carbocycles. The number of ether oxygens (including phenoxy) is 1. The van der Waals surface area contributed by atoms with Gasteiger partial charge in [-0.3, -0.25) is 9.48 Å². The summed E-state index contributed by atoms with van der Waals surface area (Å²) in [7, 11) is 0. The maximum atomic E-state index is 13.0. The molecular weight excluding hydrogens is 380 g/mol. The van der Waals surface area contributed by atoms with E-state index in [1.165, 1.54) is 19.0 Å². The van der Waals surface area contributed by atoms with Crippen LogP contribution in [0.25, 0.3) is 16.6 Å². The molecule has 1 aliphatic rings. The Morgan fingerprint density at radius 1 is 1.27 bits per heavy atom. The molecule has 0 atom stereocenters. The van der Waals surface area contributed by atoms with Crippen LogP contribution in [-0.2, 0) is 0 Å². The minimum atomic E-state index is -0.268. The summed E-state index contributed by atoms with van der Waals surface area (Å²) in [4.78, 5) is 17.3. The topological polar surface area (TPSA) is 86.3 Å². The van der Waals surface area contributed by atoms with Crippen LogP contribution in [0.4, 0.5) is 5.69 Å². The fourth-order valence-electron chi connectivity index (χ4n) is 3.89. The Kier molecular flexibility index (Phi) is 4.61. The van der Waals surface area contributed by atoms with Gasteiger partial charge in [-0.1, -0.05) is 0 Å². The molecule has 0 aliphatic heterocycles. The van der Waals surface area contributed by atoms with Crippen LogP contribution in [0.3, 0.4) is 0 Å². The first-order valence-electron chi connectivity index (χ1n) is 10.4. The number of hydrogen-bond donors (Lipinski definition) is 1. The van der Waals surface area contributed by atoms with E-state index in [1.807, 2.05) is 23.0 Å². The van der Waals surface area contributed by atoms with Crippen molar-refractivity contribution in [2.45, 2.75) is 51.7 Å². The maximum absolute atomic E-state index is 13.0. The number of hydrogen-bond acceptors (Lipinski definition) is 5. The molecule has 1 N–H and O–H groups in total. The van der Waals surface area contributed by atoms with Crippen molar-refractivity contribution in [3.63, 3.8) is 0 Å². The number of anilines is 1. The Labute approximate surface area is 173 Å². The Balaban J connectivity index is 1.52. The number of nitrogens with one attached hydrogen (secondary N) is 1. The van der Waals surface area contributed by atoms with Gasteiger partial charge in [-0.05, 0) is 51.7 Å². The molecule has 30 heavy (non-hydrogen) atoms. The standard InChI is InChI=1S/C22H24N6O2/c1-14(2)28-13-15-10-19(20(11-18(15)26-28)30-16-6-3-4-7-16)25-22(29)17-12-24-27-9-5-8-23-21(17)27/h5,8-14,16H,3-4,6-7H2,1-2H3,(H,25,29). The van der Waals surface area contributed by atoms with Crippen LogP contribution in [0.1, 0.15) is 55.9 Å². The Morgan fingerprint density at radius 2 is 2.10 bits per heavy atom. The van der Waals surface area contributed by atoms with Crippen molar-refractivity contribution in [3.05, 3.63) is 48.5 Å². The molecule has 0 spiro atoms. The molecule has 0 radical (unpaired) electrons. The van der Waals surface area contributed by atoms with E-state index < -0.39 is 0 Å². The molecule has 154 valence electrons. The summed E-state index contributed by atoms with van der Waals surface area (Å²) in [5, 5.41) is 12.8. The van der Waals surface area contributed by atoms with Crippen LogP contribution in [0.2, 0.25) is 0 Å². The van der Waals surface area contributed by atoms with Crippen LogP contribution >= 0.6 is 0 Å². The summed E-state index contributed by atoms with van der Waals surface area (Å²) in [5.41, 5.74) is 2.42. The average molecular weight is 404 g/mol. The molecule has 1 amide bonds. The molecule has 1 fully saturated rings. The highest BCUT2D eigenvalue weighted by atomic mass is 16.5. The molecule has 1 aromatic carbocycles. The molecule has 3 aromatic heterocycles. The van der Waals surface area contributed by atoms with Crippen LogP contribution in [0, 0.1) is 0 Å². The van der Waals surface area contributed by atoms with Crippen LogP contribution < -0.4 is 10.1 Å². The third kappa shape index (κ3) is 3.38. The predicted molar refractivity (Wildman–Crippen MR) is 114 cm³/mol. The number of nitrogens with zero attached hydrogens (tertiary/aromatic N) is 5. The Hall–Kier alpha value is -3.42. The molecule has 0 unspecified atom stereocenters. The monoisotopic (exact) mass is 404 g/mol. The third-order valence-corrected chi connectivity index (χ3v) is 5.52. The number of carbonyl (C=O) groups excluding carboxylic acids is 1. The van der Waals surface area contributed by atoms with E-state index in [9.17, 15) is 4.79 Å². The van der Waals surface area contributed by atoms with Gasteiger partial charge in [-0.15, -0.1) is 0 Å². The smallest absolute Gasteiger partial charge is 0.261 e. The molecule has 0 saturated heterocycles. The van der Waals surface area contributed by atoms with Crippen molar-refractivity contribution in [2.24, 2.45) is 0 Å². The predicted octanol–water partition coefficient (Wildman–Crippen LogP) is 4.23. The molecular formula is C22H24N6O2. The zero-order valence-electron chi connectivity index (χ0n) is 17.1. The lowest BCUT2D eigenvalue weighted by atomic mass is 10.2. The summed E-state index contributed by atoms with van der Waals surface area (Å²) in [6.07, 6.45) is 11.5. The van der Waals surface area contributed by atoms with Gasteiger partial charge in [0.25, 0.3) is 5.91 Å². The minimum absolute atomic E-state index is 0.170. The molecule has 3 heterocycles. The van der Waals surface area contributed by atoms with Crippen molar-refractivity contribution in [1.82, 2.24) is 24.4 Å². The van der Waals surface area contributed by atoms with Gasteiger partial charge >= 0.3 is 0 Å². The SMILES string of the molecule is CC(C)n1cc2cc(NC(=O)c3cnn4cccnc34)c(OC3CCCC3)cc2n1. The van der Waals surface area contributed by atoms with E-state index in [0.717, 1.165) is 23.7 Å². The van der Waals surface area contributed by atoms with Crippen molar-refractivity contribution in [1.29, 1.82) is 0 Å². The van der Waals surface area contributed by atoms with Crippen LogP contribution in [0.5, 0.6) is 5.75 Å². The lowest BCUT2D eigenvalue weighted by molar-refractivity contribution is 0.102. The Bertz CT molecular complexity index is 1220. The fourth-order valence-corrected chi connectivity index (χ4v) is 3.89. The summed E-state index contributed by atoms with van der Waals surface area (Å²) < 4.78 is 9.80. The van der Waals surface area contributed by atoms with E-state index in [-0.39, 0.29) is 18.1 Å². The molecule has 0 bridgehead atoms. The van der Waals surface area contributed by atoms with E-state index in [0.29, 0.717) is 22.6 Å². The van der Waals surface area contributed by atoms with Gasteiger partial charge in [-0.2, -0.15) is 10.2 Å². The van der Waals surface area contributed by atoms with Gasteiger partial charge in [0, 0.05) is 36.1 Å². The van der Waals surface area contributed by atoms with Crippen molar-refractivity contribution in [3.8, 4) is 5.75 Å². The van der Waals surface area contributed by atoms with Crippen LogP contribution in [0.15, 0.2) is 43.0 Å².